The molecule has 4 aromatic carbocycles. The van der Waals surface area contributed by atoms with Crippen LogP contribution in [-0.4, -0.2) is 24.0 Å². The molecule has 5 nitrogen and oxygen atoms in total. The lowest BCUT2D eigenvalue weighted by molar-refractivity contribution is -0.117. The van der Waals surface area contributed by atoms with Gasteiger partial charge in [-0.25, -0.2) is 0 Å². The van der Waals surface area contributed by atoms with Crippen molar-refractivity contribution in [2.24, 2.45) is 0 Å². The van der Waals surface area contributed by atoms with E-state index in [1.807, 2.05) is 89.8 Å². The first-order chi connectivity index (χ1) is 19.6. The normalized spacial score (nSPS) is 17.2. The van der Waals surface area contributed by atoms with Gasteiger partial charge in [0.15, 0.2) is 0 Å². The van der Waals surface area contributed by atoms with Gasteiger partial charge in [0.2, 0.25) is 5.91 Å². The molecule has 5 rings (SSSR count). The Bertz CT molecular complexity index is 1620. The number of fused-ring (bicyclic) bond motifs is 1. The van der Waals surface area contributed by atoms with Gasteiger partial charge in [-0.2, -0.15) is 0 Å². The number of nitrogens with zero attached hydrogens (tertiary/aromatic N) is 1. The molecule has 1 atom stereocenters. The monoisotopic (exact) mass is 542 g/mol. The number of carbonyl (C=O) groups is 2. The molecule has 4 aromatic rings. The number of carbonyl (C=O) groups excluding carboxylic acids is 2. The molecular formula is C36H34N2O3. The van der Waals surface area contributed by atoms with Crippen LogP contribution in [0.4, 0.5) is 11.4 Å². The first kappa shape index (κ1) is 27.7. The van der Waals surface area contributed by atoms with Crippen molar-refractivity contribution in [3.63, 3.8) is 0 Å². The van der Waals surface area contributed by atoms with Gasteiger partial charge in [0, 0.05) is 34.8 Å². The molecular weight excluding hydrogens is 508 g/mol. The molecule has 41 heavy (non-hydrogen) atoms. The summed E-state index contributed by atoms with van der Waals surface area (Å²) >= 11 is 0. The number of amides is 2. The van der Waals surface area contributed by atoms with Crippen LogP contribution < -0.4 is 15.0 Å². The van der Waals surface area contributed by atoms with Crippen LogP contribution >= 0.6 is 0 Å². The predicted octanol–water partition coefficient (Wildman–Crippen LogP) is 7.46. The summed E-state index contributed by atoms with van der Waals surface area (Å²) in [5, 5.41) is 3.07. The van der Waals surface area contributed by atoms with E-state index in [1.165, 1.54) is 0 Å². The average molecular weight is 543 g/mol. The minimum absolute atomic E-state index is 0.0216. The number of rotatable bonds is 6. The maximum absolute atomic E-state index is 13.3. The Balaban J connectivity index is 1.49. The minimum Gasteiger partial charge on any atom is -0.481 e. The smallest absolute Gasteiger partial charge is 0.255 e. The quantitative estimate of drug-likeness (QED) is 0.257. The van der Waals surface area contributed by atoms with Crippen LogP contribution in [0.2, 0.25) is 0 Å². The number of benzene rings is 4. The molecule has 0 radical (unpaired) electrons. The fraction of sp³-hybridized carbons (Fsp3) is 0.222. The van der Waals surface area contributed by atoms with Crippen LogP contribution in [0.3, 0.4) is 0 Å². The van der Waals surface area contributed by atoms with Crippen LogP contribution in [-0.2, 0) is 10.2 Å². The molecule has 1 N–H and O–H groups in total. The lowest BCUT2D eigenvalue weighted by Crippen LogP contribution is -2.55. The zero-order chi connectivity index (χ0) is 29.2. The molecule has 0 saturated heterocycles. The Morgan fingerprint density at radius 3 is 2.20 bits per heavy atom. The number of terminal acetylenes is 1. The van der Waals surface area contributed by atoms with Crippen LogP contribution in [0.25, 0.3) is 11.1 Å². The topological polar surface area (TPSA) is 58.6 Å². The highest BCUT2D eigenvalue weighted by atomic mass is 16.5. The van der Waals surface area contributed by atoms with Crippen molar-refractivity contribution in [2.75, 3.05) is 16.8 Å². The Kier molecular flexibility index (Phi) is 7.43. The summed E-state index contributed by atoms with van der Waals surface area (Å²) in [5.74, 6) is 2.98. The third-order valence-corrected chi connectivity index (χ3v) is 7.86. The molecule has 0 unspecified atom stereocenters. The molecule has 0 spiro atoms. The molecule has 0 saturated carbocycles. The summed E-state index contributed by atoms with van der Waals surface area (Å²) in [6, 6.07) is 31.4. The minimum atomic E-state index is -0.437. The summed E-state index contributed by atoms with van der Waals surface area (Å²) in [7, 11) is 0. The van der Waals surface area contributed by atoms with Gasteiger partial charge in [0.05, 0.1) is 0 Å². The zero-order valence-corrected chi connectivity index (χ0v) is 23.9. The largest absolute Gasteiger partial charge is 0.481 e. The maximum atomic E-state index is 13.3. The fourth-order valence-corrected chi connectivity index (χ4v) is 6.16. The summed E-state index contributed by atoms with van der Waals surface area (Å²) in [5.41, 5.74) is 5.42. The molecule has 5 heteroatoms. The van der Waals surface area contributed by atoms with E-state index in [9.17, 15) is 9.59 Å². The first-order valence-corrected chi connectivity index (χ1v) is 13.7. The molecule has 1 aliphatic heterocycles. The molecule has 2 amide bonds. The van der Waals surface area contributed by atoms with Gasteiger partial charge >= 0.3 is 0 Å². The Morgan fingerprint density at radius 1 is 0.902 bits per heavy atom. The van der Waals surface area contributed by atoms with Crippen LogP contribution in [0.1, 0.15) is 55.6 Å². The van der Waals surface area contributed by atoms with E-state index < -0.39 is 11.0 Å². The van der Waals surface area contributed by atoms with Crippen molar-refractivity contribution in [1.29, 1.82) is 0 Å². The highest BCUT2D eigenvalue weighted by molar-refractivity contribution is 6.05. The van der Waals surface area contributed by atoms with Gasteiger partial charge < -0.3 is 15.0 Å². The van der Waals surface area contributed by atoms with Gasteiger partial charge in [-0.05, 0) is 85.0 Å². The molecule has 0 aliphatic carbocycles. The number of hydrogen-bond donors (Lipinski definition) is 1. The number of nitrogens with one attached hydrogen (secondary N) is 1. The second-order valence-corrected chi connectivity index (χ2v) is 11.3. The molecule has 0 bridgehead atoms. The van der Waals surface area contributed by atoms with Crippen LogP contribution in [0.15, 0.2) is 97.1 Å². The summed E-state index contributed by atoms with van der Waals surface area (Å²) in [4.78, 5) is 28.0. The van der Waals surface area contributed by atoms with Crippen molar-refractivity contribution in [3.05, 3.63) is 114 Å². The van der Waals surface area contributed by atoms with E-state index >= 15 is 0 Å². The van der Waals surface area contributed by atoms with Crippen LogP contribution in [0.5, 0.6) is 5.75 Å². The standard InChI is InChI=1S/C36H34N2O3/c1-6-22-41-31-19-16-29(17-20-31)36(5)24-35(3,4)38(25(2)39)33-21-18-30(23-32(33)36)37-34(40)28-14-12-27(13-15-28)26-10-8-7-9-11-26/h1,7-21,23H,22,24H2,2-5H3,(H,37,40)/t36-/m1/s1. The SMILES string of the molecule is C#CCOc1ccc([C@@]2(C)CC(C)(C)N(C(C)=O)c3ccc(NC(=O)c4ccc(-c5ccccc5)cc4)cc32)cc1. The van der Waals surface area contributed by atoms with Gasteiger partial charge in [-0.1, -0.05) is 67.4 Å². The Labute approximate surface area is 242 Å². The van der Waals surface area contributed by atoms with Gasteiger partial charge in [0.1, 0.15) is 12.4 Å². The zero-order valence-electron chi connectivity index (χ0n) is 23.9. The van der Waals surface area contributed by atoms with Crippen LogP contribution in [0, 0.1) is 12.3 Å². The highest BCUT2D eigenvalue weighted by Crippen LogP contribution is 2.51. The maximum Gasteiger partial charge on any atom is 0.255 e. The number of hydrogen-bond acceptors (Lipinski definition) is 3. The van der Waals surface area contributed by atoms with Crippen molar-refractivity contribution in [2.45, 2.75) is 45.1 Å². The van der Waals surface area contributed by atoms with E-state index in [4.69, 9.17) is 11.2 Å². The molecule has 1 heterocycles. The Morgan fingerprint density at radius 2 is 1.56 bits per heavy atom. The summed E-state index contributed by atoms with van der Waals surface area (Å²) in [6.45, 7) is 8.18. The predicted molar refractivity (Wildman–Crippen MR) is 165 cm³/mol. The van der Waals surface area contributed by atoms with Crippen molar-refractivity contribution in [1.82, 2.24) is 0 Å². The second-order valence-electron chi connectivity index (χ2n) is 11.3. The van der Waals surface area contributed by atoms with E-state index in [1.54, 1.807) is 6.92 Å². The van der Waals surface area contributed by atoms with E-state index in [0.717, 1.165) is 27.9 Å². The lowest BCUT2D eigenvalue weighted by Gasteiger charge is -2.51. The molecule has 206 valence electrons. The van der Waals surface area contributed by atoms with E-state index in [0.29, 0.717) is 23.4 Å². The van der Waals surface area contributed by atoms with Gasteiger partial charge in [0.25, 0.3) is 5.91 Å². The van der Waals surface area contributed by atoms with Crippen molar-refractivity contribution >= 4 is 23.2 Å². The molecule has 0 aromatic heterocycles. The third-order valence-electron chi connectivity index (χ3n) is 7.86. The van der Waals surface area contributed by atoms with Crippen molar-refractivity contribution < 1.29 is 14.3 Å². The number of ether oxygens (including phenoxy) is 1. The third kappa shape index (κ3) is 5.47. The fourth-order valence-electron chi connectivity index (χ4n) is 6.16. The first-order valence-electron chi connectivity index (χ1n) is 13.7. The number of anilines is 2. The Hall–Kier alpha value is -4.82. The molecule has 1 aliphatic rings. The second kappa shape index (κ2) is 11.0. The summed E-state index contributed by atoms with van der Waals surface area (Å²) in [6.07, 6.45) is 6.03. The summed E-state index contributed by atoms with van der Waals surface area (Å²) < 4.78 is 5.59. The van der Waals surface area contributed by atoms with Crippen molar-refractivity contribution in [3.8, 4) is 29.2 Å². The average Bonchev–Trinajstić information content (AvgIpc) is 2.96. The van der Waals surface area contributed by atoms with E-state index in [-0.39, 0.29) is 18.4 Å². The van der Waals surface area contributed by atoms with Gasteiger partial charge in [-0.15, -0.1) is 6.42 Å². The highest BCUT2D eigenvalue weighted by Gasteiger charge is 2.47. The van der Waals surface area contributed by atoms with E-state index in [2.05, 4.69) is 44.1 Å². The molecule has 0 fully saturated rings. The van der Waals surface area contributed by atoms with Gasteiger partial charge in [-0.3, -0.25) is 9.59 Å². The lowest BCUT2D eigenvalue weighted by atomic mass is 9.65.